The molecule has 0 atom stereocenters. The highest BCUT2D eigenvalue weighted by Gasteiger charge is 2.18. The molecule has 0 bridgehead atoms. The molecule has 1 fully saturated rings. The van der Waals surface area contributed by atoms with Gasteiger partial charge < -0.3 is 10.1 Å². The largest absolute Gasteiger partial charge is 0.381 e. The minimum atomic E-state index is 0.645. The summed E-state index contributed by atoms with van der Waals surface area (Å²) < 4.78 is 5.41. The van der Waals surface area contributed by atoms with E-state index in [-0.39, 0.29) is 0 Å². The quantitative estimate of drug-likeness (QED) is 0.856. The summed E-state index contributed by atoms with van der Waals surface area (Å²) in [5.74, 6) is 0.972. The lowest BCUT2D eigenvalue weighted by Crippen LogP contribution is -2.36. The van der Waals surface area contributed by atoms with Crippen molar-refractivity contribution in [1.82, 2.24) is 9.88 Å². The smallest absolute Gasteiger partial charge is 0.125 e. The maximum atomic E-state index is 5.41. The van der Waals surface area contributed by atoms with Crippen molar-refractivity contribution in [2.45, 2.75) is 38.8 Å². The number of nitrogens with zero attached hydrogens (tertiary/aromatic N) is 2. The molecular weight excluding hydrogens is 238 g/mol. The Kier molecular flexibility index (Phi) is 5.61. The first kappa shape index (κ1) is 14.3. The zero-order chi connectivity index (χ0) is 13.5. The van der Waals surface area contributed by atoms with E-state index in [2.05, 4.69) is 41.3 Å². The lowest BCUT2D eigenvalue weighted by Gasteiger charge is -2.31. The van der Waals surface area contributed by atoms with Gasteiger partial charge in [-0.2, -0.15) is 0 Å². The molecule has 19 heavy (non-hydrogen) atoms. The van der Waals surface area contributed by atoms with Gasteiger partial charge in [-0.3, -0.25) is 4.90 Å². The number of rotatable bonds is 6. The van der Waals surface area contributed by atoms with Crippen molar-refractivity contribution in [3.05, 3.63) is 23.9 Å². The molecule has 2 heterocycles. The Morgan fingerprint density at radius 2 is 2.16 bits per heavy atom. The summed E-state index contributed by atoms with van der Waals surface area (Å²) >= 11 is 0. The number of ether oxygens (including phenoxy) is 1. The molecule has 1 aliphatic heterocycles. The number of anilines is 1. The fourth-order valence-electron chi connectivity index (χ4n) is 2.42. The maximum absolute atomic E-state index is 5.41. The lowest BCUT2D eigenvalue weighted by atomic mass is 10.1. The summed E-state index contributed by atoms with van der Waals surface area (Å²) in [6.07, 6.45) is 5.38. The molecule has 0 spiro atoms. The third-order valence-corrected chi connectivity index (χ3v) is 3.63. The van der Waals surface area contributed by atoms with Crippen molar-refractivity contribution in [3.63, 3.8) is 0 Å². The van der Waals surface area contributed by atoms with Crippen LogP contribution in [0.15, 0.2) is 18.3 Å². The number of nitrogens with one attached hydrogen (secondary N) is 1. The minimum Gasteiger partial charge on any atom is -0.381 e. The van der Waals surface area contributed by atoms with Crippen LogP contribution in [0.4, 0.5) is 5.82 Å². The maximum Gasteiger partial charge on any atom is 0.125 e. The van der Waals surface area contributed by atoms with E-state index in [9.17, 15) is 0 Å². The fraction of sp³-hybridized carbons (Fsp3) is 0.667. The van der Waals surface area contributed by atoms with Gasteiger partial charge >= 0.3 is 0 Å². The predicted molar refractivity (Wildman–Crippen MR) is 78.3 cm³/mol. The van der Waals surface area contributed by atoms with Crippen LogP contribution in [-0.4, -0.2) is 42.7 Å². The molecule has 0 radical (unpaired) electrons. The summed E-state index contributed by atoms with van der Waals surface area (Å²) in [5.41, 5.74) is 1.27. The number of hydrogen-bond donors (Lipinski definition) is 1. The van der Waals surface area contributed by atoms with Crippen LogP contribution < -0.4 is 5.32 Å². The van der Waals surface area contributed by atoms with Crippen LogP contribution in [0.1, 0.15) is 31.7 Å². The molecular formula is C15H25N3O. The molecule has 0 unspecified atom stereocenters. The van der Waals surface area contributed by atoms with E-state index in [0.29, 0.717) is 6.04 Å². The zero-order valence-electron chi connectivity index (χ0n) is 12.1. The van der Waals surface area contributed by atoms with Crippen molar-refractivity contribution in [2.75, 3.05) is 32.1 Å². The summed E-state index contributed by atoms with van der Waals surface area (Å²) in [4.78, 5) is 6.87. The average molecular weight is 263 g/mol. The van der Waals surface area contributed by atoms with E-state index >= 15 is 0 Å². The van der Waals surface area contributed by atoms with Gasteiger partial charge in [0.1, 0.15) is 5.82 Å². The van der Waals surface area contributed by atoms with Crippen molar-refractivity contribution in [2.24, 2.45) is 0 Å². The standard InChI is InChI=1S/C15H25N3O/c1-3-8-16-15-5-4-13(11-17-15)12-18(2)14-6-9-19-10-7-14/h4-5,11,14H,3,6-10,12H2,1-2H3,(H,16,17). The molecule has 0 aliphatic carbocycles. The number of pyridine rings is 1. The predicted octanol–water partition coefficient (Wildman–Crippen LogP) is 2.51. The summed E-state index contributed by atoms with van der Waals surface area (Å²) in [5, 5.41) is 3.30. The number of hydrogen-bond acceptors (Lipinski definition) is 4. The van der Waals surface area contributed by atoms with Gasteiger partial charge in [-0.25, -0.2) is 4.98 Å². The van der Waals surface area contributed by atoms with E-state index in [1.807, 2.05) is 6.20 Å². The SMILES string of the molecule is CCCNc1ccc(CN(C)C2CCOCC2)cn1. The fourth-order valence-corrected chi connectivity index (χ4v) is 2.42. The molecule has 1 aromatic rings. The topological polar surface area (TPSA) is 37.4 Å². The molecule has 1 aliphatic rings. The average Bonchev–Trinajstić information content (AvgIpc) is 2.47. The molecule has 0 aromatic carbocycles. The molecule has 4 heteroatoms. The first-order chi connectivity index (χ1) is 9.29. The van der Waals surface area contributed by atoms with E-state index in [1.54, 1.807) is 0 Å². The van der Waals surface area contributed by atoms with Gasteiger partial charge in [-0.1, -0.05) is 13.0 Å². The number of aromatic nitrogens is 1. The Labute approximate surface area is 116 Å². The molecule has 1 aromatic heterocycles. The molecule has 0 amide bonds. The van der Waals surface area contributed by atoms with Crippen molar-refractivity contribution < 1.29 is 4.74 Å². The summed E-state index contributed by atoms with van der Waals surface area (Å²) in [6.45, 7) is 5.89. The molecule has 4 nitrogen and oxygen atoms in total. The van der Waals surface area contributed by atoms with Crippen molar-refractivity contribution in [3.8, 4) is 0 Å². The zero-order valence-corrected chi connectivity index (χ0v) is 12.1. The van der Waals surface area contributed by atoms with Crippen LogP contribution in [0.25, 0.3) is 0 Å². The van der Waals surface area contributed by atoms with Crippen LogP contribution in [0.2, 0.25) is 0 Å². The van der Waals surface area contributed by atoms with E-state index in [1.165, 1.54) is 5.56 Å². The highest BCUT2D eigenvalue weighted by Crippen LogP contribution is 2.15. The highest BCUT2D eigenvalue weighted by molar-refractivity contribution is 5.35. The van der Waals surface area contributed by atoms with E-state index in [0.717, 1.165) is 51.4 Å². The Balaban J connectivity index is 1.84. The first-order valence-electron chi connectivity index (χ1n) is 7.26. The van der Waals surface area contributed by atoms with Gasteiger partial charge in [0.15, 0.2) is 0 Å². The second kappa shape index (κ2) is 7.46. The molecule has 106 valence electrons. The Morgan fingerprint density at radius 1 is 1.37 bits per heavy atom. The lowest BCUT2D eigenvalue weighted by molar-refractivity contribution is 0.0406. The van der Waals surface area contributed by atoms with Gasteiger partial charge in [-0.15, -0.1) is 0 Å². The van der Waals surface area contributed by atoms with Crippen molar-refractivity contribution in [1.29, 1.82) is 0 Å². The highest BCUT2D eigenvalue weighted by atomic mass is 16.5. The second-order valence-electron chi connectivity index (χ2n) is 5.24. The Hall–Kier alpha value is -1.13. The monoisotopic (exact) mass is 263 g/mol. The van der Waals surface area contributed by atoms with E-state index in [4.69, 9.17) is 4.74 Å². The minimum absolute atomic E-state index is 0.645. The van der Waals surface area contributed by atoms with Gasteiger partial charge in [-0.05, 0) is 37.9 Å². The van der Waals surface area contributed by atoms with Gasteiger partial charge in [0.05, 0.1) is 0 Å². The molecule has 1 saturated heterocycles. The third-order valence-electron chi connectivity index (χ3n) is 3.63. The van der Waals surface area contributed by atoms with Gasteiger partial charge in [0.2, 0.25) is 0 Å². The van der Waals surface area contributed by atoms with Crippen LogP contribution in [0.5, 0.6) is 0 Å². The van der Waals surface area contributed by atoms with Crippen LogP contribution in [0, 0.1) is 0 Å². The molecule has 2 rings (SSSR count). The molecule has 1 N–H and O–H groups in total. The second-order valence-corrected chi connectivity index (χ2v) is 5.24. The Bertz CT molecular complexity index is 360. The van der Waals surface area contributed by atoms with Crippen LogP contribution in [0.3, 0.4) is 0 Å². The van der Waals surface area contributed by atoms with Crippen LogP contribution >= 0.6 is 0 Å². The van der Waals surface area contributed by atoms with Gasteiger partial charge in [0.25, 0.3) is 0 Å². The third kappa shape index (κ3) is 4.48. The normalized spacial score (nSPS) is 16.8. The summed E-state index contributed by atoms with van der Waals surface area (Å²) in [6, 6.07) is 4.88. The summed E-state index contributed by atoms with van der Waals surface area (Å²) in [7, 11) is 2.19. The van der Waals surface area contributed by atoms with Crippen LogP contribution in [-0.2, 0) is 11.3 Å². The van der Waals surface area contributed by atoms with Gasteiger partial charge in [0, 0.05) is 38.5 Å². The van der Waals surface area contributed by atoms with E-state index < -0.39 is 0 Å². The first-order valence-corrected chi connectivity index (χ1v) is 7.26. The Morgan fingerprint density at radius 3 is 2.79 bits per heavy atom. The molecule has 0 saturated carbocycles. The van der Waals surface area contributed by atoms with Crippen molar-refractivity contribution >= 4 is 5.82 Å².